The average Bonchev–Trinajstić information content (AvgIpc) is 2.82. The Morgan fingerprint density at radius 3 is 2.93 bits per heavy atom. The molecule has 27 heavy (non-hydrogen) atoms. The summed E-state index contributed by atoms with van der Waals surface area (Å²) >= 11 is 5.20. The van der Waals surface area contributed by atoms with Crippen molar-refractivity contribution in [3.05, 3.63) is 46.9 Å². The van der Waals surface area contributed by atoms with E-state index in [0.29, 0.717) is 23.2 Å². The second-order valence-corrected chi connectivity index (χ2v) is 9.01. The molecule has 2 aliphatic rings. The van der Waals surface area contributed by atoms with Crippen molar-refractivity contribution in [1.29, 1.82) is 0 Å². The zero-order chi connectivity index (χ0) is 19.0. The molecule has 0 radical (unpaired) electrons. The Morgan fingerprint density at radius 2 is 2.07 bits per heavy atom. The van der Waals surface area contributed by atoms with Gasteiger partial charge in [0.1, 0.15) is 12.3 Å². The van der Waals surface area contributed by atoms with E-state index in [4.69, 9.17) is 4.74 Å². The van der Waals surface area contributed by atoms with E-state index in [2.05, 4.69) is 28.9 Å². The molecule has 0 bridgehead atoms. The highest BCUT2D eigenvalue weighted by molar-refractivity contribution is 9.10. The number of benzene rings is 2. The van der Waals surface area contributed by atoms with Gasteiger partial charge < -0.3 is 9.64 Å². The number of fused-ring (bicyclic) bond motifs is 2. The molecule has 0 fully saturated rings. The molecule has 0 aromatic heterocycles. The summed E-state index contributed by atoms with van der Waals surface area (Å²) in [5.41, 5.74) is 1.56. The van der Waals surface area contributed by atoms with Crippen molar-refractivity contribution in [2.45, 2.75) is 23.5 Å². The second-order valence-electron chi connectivity index (χ2n) is 6.61. The highest BCUT2D eigenvalue weighted by Gasteiger charge is 2.31. The first kappa shape index (κ1) is 18.4. The molecule has 0 saturated carbocycles. The van der Waals surface area contributed by atoms with Gasteiger partial charge in [0.15, 0.2) is 6.61 Å². The summed E-state index contributed by atoms with van der Waals surface area (Å²) in [6.45, 7) is 2.77. The number of ether oxygens (including phenoxy) is 1. The maximum absolute atomic E-state index is 13.2. The van der Waals surface area contributed by atoms with E-state index in [-0.39, 0.29) is 25.0 Å². The first-order valence-electron chi connectivity index (χ1n) is 8.81. The summed E-state index contributed by atoms with van der Waals surface area (Å²) in [5, 5.41) is 0.437. The summed E-state index contributed by atoms with van der Waals surface area (Å²) in [5.74, 6) is 0.322. The molecule has 7 heteroatoms. The number of nitrogens with zero attached hydrogens (tertiary/aromatic N) is 2. The maximum Gasteiger partial charge on any atom is 0.265 e. The average molecular weight is 447 g/mol. The summed E-state index contributed by atoms with van der Waals surface area (Å²) in [6.07, 6.45) is 0.908. The van der Waals surface area contributed by atoms with Crippen molar-refractivity contribution in [3.8, 4) is 5.75 Å². The fraction of sp³-hybridized carbons (Fsp3) is 0.300. The van der Waals surface area contributed by atoms with Gasteiger partial charge in [0.05, 0.1) is 11.4 Å². The number of rotatable bonds is 2. The molecular formula is C20H19BrN2O3S. The summed E-state index contributed by atoms with van der Waals surface area (Å²) in [7, 11) is 0. The van der Waals surface area contributed by atoms with Crippen LogP contribution < -0.4 is 14.5 Å². The number of anilines is 2. The van der Waals surface area contributed by atoms with Crippen molar-refractivity contribution in [3.63, 3.8) is 0 Å². The molecule has 0 N–H and O–H groups in total. The largest absolute Gasteiger partial charge is 0.482 e. The fourth-order valence-electron chi connectivity index (χ4n) is 3.32. The van der Waals surface area contributed by atoms with Gasteiger partial charge in [-0.15, -0.1) is 11.8 Å². The van der Waals surface area contributed by atoms with Crippen molar-refractivity contribution in [2.75, 3.05) is 29.5 Å². The first-order valence-corrected chi connectivity index (χ1v) is 10.5. The van der Waals surface area contributed by atoms with Crippen LogP contribution in [0.25, 0.3) is 0 Å². The molecule has 0 aliphatic carbocycles. The van der Waals surface area contributed by atoms with Crippen molar-refractivity contribution < 1.29 is 14.3 Å². The normalized spacial score (nSPS) is 19.0. The Labute approximate surface area is 170 Å². The zero-order valence-electron chi connectivity index (χ0n) is 14.9. The highest BCUT2D eigenvalue weighted by atomic mass is 79.9. The monoisotopic (exact) mass is 446 g/mol. The van der Waals surface area contributed by atoms with Gasteiger partial charge in [-0.05, 0) is 36.8 Å². The lowest BCUT2D eigenvalue weighted by Gasteiger charge is -2.31. The van der Waals surface area contributed by atoms with Gasteiger partial charge in [-0.3, -0.25) is 14.5 Å². The molecule has 1 unspecified atom stereocenters. The van der Waals surface area contributed by atoms with Crippen LogP contribution >= 0.6 is 27.7 Å². The van der Waals surface area contributed by atoms with Crippen LogP contribution in [0, 0.1) is 0 Å². The van der Waals surface area contributed by atoms with Crippen LogP contribution in [0.2, 0.25) is 0 Å². The predicted molar refractivity (Wildman–Crippen MR) is 111 cm³/mol. The number of halogens is 1. The second kappa shape index (κ2) is 7.56. The lowest BCUT2D eigenvalue weighted by atomic mass is 10.2. The Bertz CT molecular complexity index is 905. The summed E-state index contributed by atoms with van der Waals surface area (Å²) in [4.78, 5) is 30.1. The van der Waals surface area contributed by atoms with E-state index in [0.717, 1.165) is 21.5 Å². The quantitative estimate of drug-likeness (QED) is 0.696. The molecule has 2 amide bonds. The van der Waals surface area contributed by atoms with Gasteiger partial charge in [-0.25, -0.2) is 0 Å². The Kier molecular flexibility index (Phi) is 5.14. The van der Waals surface area contributed by atoms with Crippen LogP contribution in [0.1, 0.15) is 13.3 Å². The number of carbonyl (C=O) groups is 2. The van der Waals surface area contributed by atoms with Crippen LogP contribution in [0.3, 0.4) is 0 Å². The molecular weight excluding hydrogens is 428 g/mol. The lowest BCUT2D eigenvalue weighted by Crippen LogP contribution is -2.47. The lowest BCUT2D eigenvalue weighted by molar-refractivity contribution is -0.124. The third-order valence-corrected chi connectivity index (χ3v) is 6.43. The van der Waals surface area contributed by atoms with Gasteiger partial charge in [0.2, 0.25) is 5.91 Å². The standard InChI is InChI=1S/C20H19BrN2O3S/c1-13-8-9-22(16-4-2-3-5-18(16)27-13)19(24)11-23-15-7-6-14(21)10-17(15)26-12-20(23)25/h2-7,10,13H,8-9,11-12H2,1H3. The fourth-order valence-corrected chi connectivity index (χ4v) is 4.77. The van der Waals surface area contributed by atoms with E-state index in [1.165, 1.54) is 4.90 Å². The molecule has 1 atom stereocenters. The molecule has 2 aromatic rings. The van der Waals surface area contributed by atoms with E-state index in [9.17, 15) is 9.59 Å². The van der Waals surface area contributed by atoms with Gasteiger partial charge in [-0.2, -0.15) is 0 Å². The number of thioether (sulfide) groups is 1. The Morgan fingerprint density at radius 1 is 1.26 bits per heavy atom. The molecule has 4 rings (SSSR count). The summed E-state index contributed by atoms with van der Waals surface area (Å²) in [6, 6.07) is 13.4. The predicted octanol–water partition coefficient (Wildman–Crippen LogP) is 4.09. The molecule has 140 valence electrons. The SMILES string of the molecule is CC1CCN(C(=O)CN2C(=O)COc3cc(Br)ccc32)c2ccccc2S1. The molecule has 0 saturated heterocycles. The summed E-state index contributed by atoms with van der Waals surface area (Å²) < 4.78 is 6.38. The van der Waals surface area contributed by atoms with E-state index in [1.54, 1.807) is 17.8 Å². The topological polar surface area (TPSA) is 49.9 Å². The van der Waals surface area contributed by atoms with Gasteiger partial charge >= 0.3 is 0 Å². The van der Waals surface area contributed by atoms with Crippen molar-refractivity contribution in [1.82, 2.24) is 0 Å². The smallest absolute Gasteiger partial charge is 0.265 e. The third kappa shape index (κ3) is 3.71. The molecule has 2 aliphatic heterocycles. The maximum atomic E-state index is 13.2. The molecule has 2 heterocycles. The molecule has 0 spiro atoms. The number of para-hydroxylation sites is 1. The van der Waals surface area contributed by atoms with E-state index in [1.807, 2.05) is 35.2 Å². The minimum Gasteiger partial charge on any atom is -0.482 e. The van der Waals surface area contributed by atoms with E-state index >= 15 is 0 Å². The zero-order valence-corrected chi connectivity index (χ0v) is 17.3. The van der Waals surface area contributed by atoms with Crippen molar-refractivity contribution >= 4 is 50.9 Å². The van der Waals surface area contributed by atoms with Gasteiger partial charge in [0.25, 0.3) is 5.91 Å². The first-order chi connectivity index (χ1) is 13.0. The van der Waals surface area contributed by atoms with Crippen LogP contribution in [0.5, 0.6) is 5.75 Å². The highest BCUT2D eigenvalue weighted by Crippen LogP contribution is 2.38. The minimum atomic E-state index is -0.205. The molecule has 5 nitrogen and oxygen atoms in total. The number of hydrogen-bond acceptors (Lipinski definition) is 4. The third-order valence-electron chi connectivity index (χ3n) is 4.70. The van der Waals surface area contributed by atoms with Crippen LogP contribution in [-0.2, 0) is 9.59 Å². The Hall–Kier alpha value is -1.99. The number of carbonyl (C=O) groups excluding carboxylic acids is 2. The molecule has 2 aromatic carbocycles. The minimum absolute atomic E-state index is 0.00417. The number of hydrogen-bond donors (Lipinski definition) is 0. The number of amides is 2. The van der Waals surface area contributed by atoms with E-state index < -0.39 is 0 Å². The Balaban J connectivity index is 1.62. The van der Waals surface area contributed by atoms with Gasteiger partial charge in [-0.1, -0.05) is 35.0 Å². The van der Waals surface area contributed by atoms with Crippen LogP contribution in [-0.4, -0.2) is 36.8 Å². The van der Waals surface area contributed by atoms with Crippen LogP contribution in [0.4, 0.5) is 11.4 Å². The van der Waals surface area contributed by atoms with Crippen LogP contribution in [0.15, 0.2) is 51.8 Å². The van der Waals surface area contributed by atoms with Crippen molar-refractivity contribution in [2.24, 2.45) is 0 Å². The van der Waals surface area contributed by atoms with Gasteiger partial charge in [0, 0.05) is 21.2 Å².